The summed E-state index contributed by atoms with van der Waals surface area (Å²) in [6, 6.07) is 0. The van der Waals surface area contributed by atoms with Gasteiger partial charge in [0, 0.05) is 18.0 Å². The first-order chi connectivity index (χ1) is 11.2. The van der Waals surface area contributed by atoms with Crippen LogP contribution in [0.5, 0.6) is 0 Å². The van der Waals surface area contributed by atoms with Gasteiger partial charge in [0.05, 0.1) is 17.2 Å². The highest BCUT2D eigenvalue weighted by atomic mass is 127. The van der Waals surface area contributed by atoms with Crippen molar-refractivity contribution in [3.8, 4) is 0 Å². The maximum absolute atomic E-state index is 4.69. The van der Waals surface area contributed by atoms with Gasteiger partial charge in [-0.1, -0.05) is 0 Å². The van der Waals surface area contributed by atoms with Crippen molar-refractivity contribution in [2.45, 2.75) is 53.0 Å². The normalized spacial score (nSPS) is 15.4. The Labute approximate surface area is 167 Å². The van der Waals surface area contributed by atoms with Crippen LogP contribution in [0.2, 0.25) is 0 Å². The second-order valence-electron chi connectivity index (χ2n) is 6.12. The molecule has 1 aromatic heterocycles. The van der Waals surface area contributed by atoms with E-state index in [0.29, 0.717) is 6.54 Å². The van der Waals surface area contributed by atoms with Gasteiger partial charge in [-0.3, -0.25) is 0 Å². The first-order valence-electron chi connectivity index (χ1n) is 8.86. The molecule has 0 spiro atoms. The predicted molar refractivity (Wildman–Crippen MR) is 115 cm³/mol. The van der Waals surface area contributed by atoms with Crippen LogP contribution in [0.1, 0.15) is 48.2 Å². The lowest BCUT2D eigenvalue weighted by atomic mass is 10.3. The third kappa shape index (κ3) is 7.65. The second-order valence-corrected chi connectivity index (χ2v) is 7.41. The quantitative estimate of drug-likeness (QED) is 0.268. The van der Waals surface area contributed by atoms with Crippen LogP contribution in [0.15, 0.2) is 4.99 Å². The zero-order valence-electron chi connectivity index (χ0n) is 15.2. The minimum Gasteiger partial charge on any atom is -0.357 e. The second kappa shape index (κ2) is 12.0. The highest BCUT2D eigenvalue weighted by Crippen LogP contribution is 2.17. The topological polar surface area (TPSA) is 52.6 Å². The lowest BCUT2D eigenvalue weighted by molar-refractivity contribution is 0.330. The van der Waals surface area contributed by atoms with Crippen molar-refractivity contribution >= 4 is 41.3 Å². The Morgan fingerprint density at radius 3 is 2.58 bits per heavy atom. The molecule has 0 bridgehead atoms. The van der Waals surface area contributed by atoms with Crippen LogP contribution in [0.25, 0.3) is 0 Å². The van der Waals surface area contributed by atoms with E-state index in [4.69, 9.17) is 0 Å². The molecule has 1 fully saturated rings. The van der Waals surface area contributed by atoms with E-state index in [9.17, 15) is 0 Å². The lowest BCUT2D eigenvalue weighted by Gasteiger charge is -2.15. The first-order valence-corrected chi connectivity index (χ1v) is 9.68. The van der Waals surface area contributed by atoms with Gasteiger partial charge in [0.25, 0.3) is 0 Å². The predicted octanol–water partition coefficient (Wildman–Crippen LogP) is 3.31. The fourth-order valence-electron chi connectivity index (χ4n) is 2.89. The van der Waals surface area contributed by atoms with Crippen LogP contribution >= 0.6 is 35.3 Å². The average Bonchev–Trinajstić information content (AvgIpc) is 3.14. The Hall–Kier alpha value is -0.410. The summed E-state index contributed by atoms with van der Waals surface area (Å²) in [5, 5.41) is 7.89. The number of thiazole rings is 1. The summed E-state index contributed by atoms with van der Waals surface area (Å²) < 4.78 is 0. The SMILES string of the molecule is CCNC(=NCc1sc(C)nc1C)NCCCCN1CCCC1.I. The van der Waals surface area contributed by atoms with E-state index in [0.717, 1.165) is 29.8 Å². The molecule has 5 nitrogen and oxygen atoms in total. The van der Waals surface area contributed by atoms with Crippen molar-refractivity contribution in [1.29, 1.82) is 0 Å². The van der Waals surface area contributed by atoms with Gasteiger partial charge in [-0.2, -0.15) is 0 Å². The highest BCUT2D eigenvalue weighted by Gasteiger charge is 2.10. The zero-order chi connectivity index (χ0) is 16.5. The highest BCUT2D eigenvalue weighted by molar-refractivity contribution is 14.0. The largest absolute Gasteiger partial charge is 0.357 e. The first kappa shape index (κ1) is 21.6. The van der Waals surface area contributed by atoms with Crippen molar-refractivity contribution in [1.82, 2.24) is 20.5 Å². The molecule has 0 unspecified atom stereocenters. The Balaban J connectivity index is 0.00000288. The molecule has 0 aliphatic carbocycles. The molecule has 2 rings (SSSR count). The summed E-state index contributed by atoms with van der Waals surface area (Å²) in [6.07, 6.45) is 5.22. The summed E-state index contributed by atoms with van der Waals surface area (Å²) in [5.74, 6) is 0.916. The molecule has 7 heteroatoms. The van der Waals surface area contributed by atoms with Gasteiger partial charge in [0.2, 0.25) is 0 Å². The third-order valence-corrected chi connectivity index (χ3v) is 5.17. The molecule has 0 aromatic carbocycles. The number of halogens is 1. The molecule has 24 heavy (non-hydrogen) atoms. The Kier molecular flexibility index (Phi) is 10.8. The minimum absolute atomic E-state index is 0. The van der Waals surface area contributed by atoms with Gasteiger partial charge in [-0.05, 0) is 66.1 Å². The Bertz CT molecular complexity index is 497. The van der Waals surface area contributed by atoms with E-state index in [1.165, 1.54) is 50.2 Å². The number of aliphatic imine (C=N–C) groups is 1. The zero-order valence-corrected chi connectivity index (χ0v) is 18.4. The molecule has 1 aromatic rings. The summed E-state index contributed by atoms with van der Waals surface area (Å²) >= 11 is 1.74. The molecule has 138 valence electrons. The summed E-state index contributed by atoms with van der Waals surface area (Å²) in [4.78, 5) is 13.0. The van der Waals surface area contributed by atoms with Crippen molar-refractivity contribution in [3.63, 3.8) is 0 Å². The summed E-state index contributed by atoms with van der Waals surface area (Å²) in [6.45, 7) is 12.6. The molecule has 2 N–H and O–H groups in total. The van der Waals surface area contributed by atoms with Gasteiger partial charge in [0.1, 0.15) is 0 Å². The van der Waals surface area contributed by atoms with Gasteiger partial charge in [-0.15, -0.1) is 35.3 Å². The van der Waals surface area contributed by atoms with Gasteiger partial charge in [0.15, 0.2) is 5.96 Å². The molecule has 1 saturated heterocycles. The molecule has 0 amide bonds. The van der Waals surface area contributed by atoms with E-state index >= 15 is 0 Å². The van der Waals surface area contributed by atoms with Crippen LogP contribution in [0, 0.1) is 13.8 Å². The molecule has 1 aliphatic rings. The number of nitrogens with one attached hydrogen (secondary N) is 2. The standard InChI is InChI=1S/C17H31N5S.HI/c1-4-18-17(20-13-16-14(2)21-15(3)23-16)19-9-5-6-10-22-11-7-8-12-22;/h4-13H2,1-3H3,(H2,18,19,20);1H. The van der Waals surface area contributed by atoms with E-state index < -0.39 is 0 Å². The number of unbranched alkanes of at least 4 members (excludes halogenated alkanes) is 1. The Morgan fingerprint density at radius 1 is 1.21 bits per heavy atom. The molecule has 0 radical (unpaired) electrons. The van der Waals surface area contributed by atoms with Crippen LogP contribution < -0.4 is 10.6 Å². The number of nitrogens with zero attached hydrogens (tertiary/aromatic N) is 3. The number of hydrogen-bond acceptors (Lipinski definition) is 4. The number of guanidine groups is 1. The average molecular weight is 465 g/mol. The Morgan fingerprint density at radius 2 is 1.96 bits per heavy atom. The van der Waals surface area contributed by atoms with Crippen molar-refractivity contribution in [2.75, 3.05) is 32.7 Å². The molecule has 1 aliphatic heterocycles. The number of aryl methyl sites for hydroxylation is 2. The van der Waals surface area contributed by atoms with Crippen molar-refractivity contribution in [3.05, 3.63) is 15.6 Å². The van der Waals surface area contributed by atoms with Gasteiger partial charge < -0.3 is 15.5 Å². The van der Waals surface area contributed by atoms with Crippen LogP contribution in [-0.2, 0) is 6.54 Å². The van der Waals surface area contributed by atoms with Crippen molar-refractivity contribution < 1.29 is 0 Å². The molecule has 0 saturated carbocycles. The maximum Gasteiger partial charge on any atom is 0.191 e. The van der Waals surface area contributed by atoms with Gasteiger partial charge in [-0.25, -0.2) is 9.98 Å². The van der Waals surface area contributed by atoms with E-state index in [2.05, 4.69) is 46.3 Å². The molecule has 2 heterocycles. The fourth-order valence-corrected chi connectivity index (χ4v) is 3.75. The molecular formula is C17H32IN5S. The van der Waals surface area contributed by atoms with Gasteiger partial charge >= 0.3 is 0 Å². The minimum atomic E-state index is 0. The van der Waals surface area contributed by atoms with E-state index in [1.807, 2.05) is 0 Å². The third-order valence-electron chi connectivity index (χ3n) is 4.12. The van der Waals surface area contributed by atoms with Crippen LogP contribution in [0.3, 0.4) is 0 Å². The number of hydrogen-bond donors (Lipinski definition) is 2. The molecular weight excluding hydrogens is 433 g/mol. The van der Waals surface area contributed by atoms with E-state index in [-0.39, 0.29) is 24.0 Å². The van der Waals surface area contributed by atoms with Crippen LogP contribution in [0.4, 0.5) is 0 Å². The van der Waals surface area contributed by atoms with Crippen LogP contribution in [-0.4, -0.2) is 48.6 Å². The number of rotatable bonds is 8. The number of aromatic nitrogens is 1. The van der Waals surface area contributed by atoms with Crippen molar-refractivity contribution in [2.24, 2.45) is 4.99 Å². The smallest absolute Gasteiger partial charge is 0.191 e. The lowest BCUT2D eigenvalue weighted by Crippen LogP contribution is -2.38. The molecule has 0 atom stereocenters. The monoisotopic (exact) mass is 465 g/mol. The maximum atomic E-state index is 4.69. The summed E-state index contributed by atoms with van der Waals surface area (Å²) in [7, 11) is 0. The number of likely N-dealkylation sites (tertiary alicyclic amines) is 1. The van der Waals surface area contributed by atoms with E-state index in [1.54, 1.807) is 11.3 Å². The fraction of sp³-hybridized carbons (Fsp3) is 0.765. The summed E-state index contributed by atoms with van der Waals surface area (Å²) in [5.41, 5.74) is 1.11.